The first-order valence-corrected chi connectivity index (χ1v) is 18.2. The number of ether oxygens (including phenoxy) is 5. The molecule has 1 spiro atoms. The maximum Gasteiger partial charge on any atom is 0.316 e. The number of nitrogens with two attached hydrogens (primary N) is 1. The van der Waals surface area contributed by atoms with Crippen LogP contribution in [-0.4, -0.2) is 77.4 Å². The second-order valence-electron chi connectivity index (χ2n) is 15.0. The Labute approximate surface area is 291 Å². The van der Waals surface area contributed by atoms with Crippen molar-refractivity contribution in [3.05, 3.63) is 76.9 Å². The second kappa shape index (κ2) is 14.8. The monoisotopic (exact) mass is 677 g/mol. The Kier molecular flexibility index (Phi) is 10.9. The lowest BCUT2D eigenvalue weighted by atomic mass is 9.71. The van der Waals surface area contributed by atoms with E-state index in [1.165, 1.54) is 0 Å². The van der Waals surface area contributed by atoms with Gasteiger partial charge in [0.25, 0.3) is 0 Å². The average molecular weight is 678 g/mol. The van der Waals surface area contributed by atoms with Crippen molar-refractivity contribution in [1.82, 2.24) is 0 Å². The first kappa shape index (κ1) is 36.0. The molecular weight excluding hydrogens is 622 g/mol. The average Bonchev–Trinajstić information content (AvgIpc) is 3.41. The van der Waals surface area contributed by atoms with E-state index in [1.54, 1.807) is 13.0 Å². The number of para-hydroxylation sites is 1. The molecule has 4 aliphatic heterocycles. The standard InChI is InChI=1S/C40H55NO8/c1-6-34-24(2)16-18-39(49-34)22-31-21-30(48-39)15-14-26(4)36(45-19-17-28-11-7-8-13-33(28)41)25(3)10-9-12-29-23-46-37-35(42)27(5)20-32(38(43)47-31)40(29,37)44/h7-14,20,24-25,30-32,34-37,42,44H,6,15-19,21-23,41H2,1-5H3/b10-9+,26-14+,29-12+/t24-,25-,30+,31-,32-,34+,35+,36+,37+,39+,40+/m0/s1. The molecule has 3 saturated heterocycles. The number of carbonyl (C=O) groups is 1. The van der Waals surface area contributed by atoms with E-state index in [0.29, 0.717) is 49.4 Å². The number of nitrogen functional groups attached to an aromatic ring is 1. The highest BCUT2D eigenvalue weighted by atomic mass is 16.7. The number of esters is 1. The molecule has 11 atom stereocenters. The van der Waals surface area contributed by atoms with E-state index in [0.717, 1.165) is 36.1 Å². The zero-order chi connectivity index (χ0) is 34.9. The Morgan fingerprint density at radius 2 is 1.90 bits per heavy atom. The summed E-state index contributed by atoms with van der Waals surface area (Å²) >= 11 is 0. The van der Waals surface area contributed by atoms with Crippen molar-refractivity contribution >= 4 is 11.7 Å². The van der Waals surface area contributed by atoms with Gasteiger partial charge in [0.2, 0.25) is 0 Å². The lowest BCUT2D eigenvalue weighted by Crippen LogP contribution is -2.58. The van der Waals surface area contributed by atoms with Crippen molar-refractivity contribution in [3.63, 3.8) is 0 Å². The molecule has 268 valence electrons. The van der Waals surface area contributed by atoms with Crippen molar-refractivity contribution in [2.45, 2.75) is 128 Å². The summed E-state index contributed by atoms with van der Waals surface area (Å²) in [5.41, 5.74) is 8.45. The predicted molar refractivity (Wildman–Crippen MR) is 187 cm³/mol. The third kappa shape index (κ3) is 7.34. The van der Waals surface area contributed by atoms with Crippen LogP contribution in [0.5, 0.6) is 0 Å². The highest BCUT2D eigenvalue weighted by molar-refractivity contribution is 5.78. The molecular formula is C40H55NO8. The summed E-state index contributed by atoms with van der Waals surface area (Å²) in [6.07, 6.45) is 11.5. The zero-order valence-corrected chi connectivity index (χ0v) is 29.7. The largest absolute Gasteiger partial charge is 0.462 e. The number of rotatable bonds is 5. The topological polar surface area (TPSA) is 130 Å². The molecule has 2 bridgehead atoms. The minimum Gasteiger partial charge on any atom is -0.462 e. The molecule has 0 amide bonds. The second-order valence-corrected chi connectivity index (χ2v) is 15.0. The summed E-state index contributed by atoms with van der Waals surface area (Å²) in [6, 6.07) is 7.86. The molecule has 1 aliphatic carbocycles. The lowest BCUT2D eigenvalue weighted by molar-refractivity contribution is -0.335. The van der Waals surface area contributed by atoms with Crippen LogP contribution in [0.2, 0.25) is 0 Å². The van der Waals surface area contributed by atoms with E-state index in [-0.39, 0.29) is 30.8 Å². The molecule has 0 saturated carbocycles. The molecule has 1 aromatic carbocycles. The highest BCUT2D eigenvalue weighted by Crippen LogP contribution is 2.47. The van der Waals surface area contributed by atoms with Gasteiger partial charge in [-0.2, -0.15) is 0 Å². The van der Waals surface area contributed by atoms with Crippen LogP contribution in [0.1, 0.15) is 78.7 Å². The van der Waals surface area contributed by atoms with E-state index in [4.69, 9.17) is 29.4 Å². The molecule has 4 heterocycles. The van der Waals surface area contributed by atoms with Crippen molar-refractivity contribution in [2.75, 3.05) is 18.9 Å². The fourth-order valence-electron chi connectivity index (χ4n) is 8.51. The van der Waals surface area contributed by atoms with Crippen molar-refractivity contribution in [3.8, 4) is 0 Å². The number of allylic oxidation sites excluding steroid dienone is 2. The van der Waals surface area contributed by atoms with Crippen LogP contribution in [0.4, 0.5) is 5.69 Å². The molecule has 0 unspecified atom stereocenters. The molecule has 5 aliphatic rings. The van der Waals surface area contributed by atoms with Gasteiger partial charge >= 0.3 is 5.97 Å². The fourth-order valence-corrected chi connectivity index (χ4v) is 8.51. The van der Waals surface area contributed by atoms with Crippen LogP contribution in [-0.2, 0) is 34.9 Å². The van der Waals surface area contributed by atoms with Crippen LogP contribution < -0.4 is 5.73 Å². The van der Waals surface area contributed by atoms with E-state index >= 15 is 0 Å². The summed E-state index contributed by atoms with van der Waals surface area (Å²) in [4.78, 5) is 14.1. The van der Waals surface area contributed by atoms with Crippen LogP contribution in [0.25, 0.3) is 0 Å². The first-order chi connectivity index (χ1) is 23.4. The van der Waals surface area contributed by atoms with Crippen LogP contribution in [0.3, 0.4) is 0 Å². The zero-order valence-electron chi connectivity index (χ0n) is 29.7. The van der Waals surface area contributed by atoms with Gasteiger partial charge in [-0.3, -0.25) is 4.79 Å². The van der Waals surface area contributed by atoms with E-state index in [2.05, 4.69) is 33.8 Å². The summed E-state index contributed by atoms with van der Waals surface area (Å²) in [6.45, 7) is 10.9. The summed E-state index contributed by atoms with van der Waals surface area (Å²) in [5, 5.41) is 23.3. The molecule has 6 rings (SSSR count). The number of fused-ring (bicyclic) bond motifs is 2. The fraction of sp³-hybridized carbons (Fsp3) is 0.625. The van der Waals surface area contributed by atoms with Gasteiger partial charge in [0.1, 0.15) is 29.8 Å². The normalized spacial score (nSPS) is 42.6. The Morgan fingerprint density at radius 1 is 1.10 bits per heavy atom. The molecule has 0 aromatic heterocycles. The van der Waals surface area contributed by atoms with Gasteiger partial charge in [0.15, 0.2) is 5.79 Å². The maximum atomic E-state index is 14.1. The van der Waals surface area contributed by atoms with Crippen LogP contribution >= 0.6 is 0 Å². The maximum absolute atomic E-state index is 14.1. The highest BCUT2D eigenvalue weighted by Gasteiger charge is 2.60. The minimum absolute atomic E-state index is 0.0263. The Bertz CT molecular complexity index is 1480. The molecule has 0 radical (unpaired) electrons. The van der Waals surface area contributed by atoms with Gasteiger partial charge in [-0.05, 0) is 73.8 Å². The SMILES string of the molecule is CC[C@H]1O[C@]2(CC[C@@H]1C)C[C@@H]1C[C@@H](C/C=C(\C)[C@H](OCCc3ccccc3N)[C@@H](C)/C=C/C=C3\CO[C@@H]4[C@H](O)C(C)=C[C@@H](C(=O)O1)[C@]34O)O2. The van der Waals surface area contributed by atoms with Gasteiger partial charge in [0, 0.05) is 30.9 Å². The Hall–Kier alpha value is -2.79. The number of aliphatic hydroxyl groups excluding tert-OH is 1. The molecule has 3 fully saturated rings. The number of aliphatic hydroxyl groups is 2. The van der Waals surface area contributed by atoms with Gasteiger partial charge in [0.05, 0.1) is 31.5 Å². The van der Waals surface area contributed by atoms with Crippen molar-refractivity contribution in [2.24, 2.45) is 17.8 Å². The molecule has 4 N–H and O–H groups in total. The van der Waals surface area contributed by atoms with Gasteiger partial charge in [-0.1, -0.05) is 69.4 Å². The number of carbonyl (C=O) groups excluding carboxylic acids is 1. The smallest absolute Gasteiger partial charge is 0.316 e. The molecule has 49 heavy (non-hydrogen) atoms. The third-order valence-electron chi connectivity index (χ3n) is 11.5. The molecule has 1 aromatic rings. The van der Waals surface area contributed by atoms with Crippen molar-refractivity contribution in [1.29, 1.82) is 0 Å². The van der Waals surface area contributed by atoms with Gasteiger partial charge < -0.3 is 39.6 Å². The summed E-state index contributed by atoms with van der Waals surface area (Å²) in [5.74, 6) is -2.04. The number of hydrogen-bond acceptors (Lipinski definition) is 9. The van der Waals surface area contributed by atoms with E-state index in [9.17, 15) is 15.0 Å². The molecule has 9 heteroatoms. The van der Waals surface area contributed by atoms with Crippen molar-refractivity contribution < 1.29 is 38.7 Å². The van der Waals surface area contributed by atoms with Crippen LogP contribution in [0.15, 0.2) is 71.4 Å². The summed E-state index contributed by atoms with van der Waals surface area (Å²) < 4.78 is 32.4. The minimum atomic E-state index is -1.76. The summed E-state index contributed by atoms with van der Waals surface area (Å²) in [7, 11) is 0. The number of benzene rings is 1. The number of hydrogen-bond donors (Lipinski definition) is 3. The first-order valence-electron chi connectivity index (χ1n) is 18.2. The third-order valence-corrected chi connectivity index (χ3v) is 11.5. The van der Waals surface area contributed by atoms with Gasteiger partial charge in [-0.15, -0.1) is 0 Å². The quantitative estimate of drug-likeness (QED) is 0.203. The van der Waals surface area contributed by atoms with Gasteiger partial charge in [-0.25, -0.2) is 0 Å². The number of anilines is 1. The lowest BCUT2D eigenvalue weighted by Gasteiger charge is -2.50. The van der Waals surface area contributed by atoms with E-state index in [1.807, 2.05) is 42.5 Å². The Morgan fingerprint density at radius 3 is 2.67 bits per heavy atom. The Balaban J connectivity index is 1.35. The van der Waals surface area contributed by atoms with Crippen LogP contribution in [0, 0.1) is 17.8 Å². The molecule has 9 nitrogen and oxygen atoms in total. The predicted octanol–water partition coefficient (Wildman–Crippen LogP) is 5.74. The van der Waals surface area contributed by atoms with E-state index < -0.39 is 41.6 Å².